The first kappa shape index (κ1) is 26.7. The lowest BCUT2D eigenvalue weighted by molar-refractivity contribution is 0.250. The summed E-state index contributed by atoms with van der Waals surface area (Å²) >= 11 is 0. The third kappa shape index (κ3) is 10.0. The molecule has 0 aliphatic carbocycles. The van der Waals surface area contributed by atoms with Crippen molar-refractivity contribution in [2.45, 2.75) is 60.2 Å². The molecule has 172 valence electrons. The van der Waals surface area contributed by atoms with Crippen LogP contribution in [0.15, 0.2) is 35.3 Å². The number of benzene rings is 1. The number of urea groups is 1. The second kappa shape index (κ2) is 13.9. The van der Waals surface area contributed by atoms with Crippen molar-refractivity contribution in [3.8, 4) is 0 Å². The number of carbonyl (C=O) groups excluding carboxylic acids is 1. The van der Waals surface area contributed by atoms with Gasteiger partial charge in [0, 0.05) is 37.1 Å². The largest absolute Gasteiger partial charge is 0.357 e. The molecule has 31 heavy (non-hydrogen) atoms. The lowest BCUT2D eigenvalue weighted by Crippen LogP contribution is -2.38. The van der Waals surface area contributed by atoms with Crippen molar-refractivity contribution in [1.82, 2.24) is 25.7 Å². The van der Waals surface area contributed by atoms with E-state index in [0.717, 1.165) is 49.0 Å². The number of anilines is 1. The number of carbonyl (C=O) groups is 1. The Morgan fingerprint density at radius 1 is 1.16 bits per heavy atom. The Balaban J connectivity index is 0.00000480. The Hall–Kier alpha value is -2.30. The van der Waals surface area contributed by atoms with E-state index >= 15 is 0 Å². The zero-order valence-electron chi connectivity index (χ0n) is 19.2. The van der Waals surface area contributed by atoms with Crippen molar-refractivity contribution < 1.29 is 4.79 Å². The average molecular weight is 541 g/mol. The predicted molar refractivity (Wildman–Crippen MR) is 138 cm³/mol. The second-order valence-corrected chi connectivity index (χ2v) is 7.58. The molecular weight excluding hydrogens is 505 g/mol. The summed E-state index contributed by atoms with van der Waals surface area (Å²) in [5.41, 5.74) is 4.07. The lowest BCUT2D eigenvalue weighted by atomic mass is 10.2. The SMILES string of the molecule is CCNC(=NCc1ccc(NC(=O)NC(C)C)cc1)NCCCn1nc(C)cc1C.I. The van der Waals surface area contributed by atoms with E-state index in [0.29, 0.717) is 6.54 Å². The summed E-state index contributed by atoms with van der Waals surface area (Å²) in [6.45, 7) is 13.1. The Morgan fingerprint density at radius 3 is 2.45 bits per heavy atom. The molecule has 2 aromatic rings. The minimum atomic E-state index is -0.199. The molecule has 1 aromatic carbocycles. The minimum absolute atomic E-state index is 0. The minimum Gasteiger partial charge on any atom is -0.357 e. The van der Waals surface area contributed by atoms with Crippen molar-refractivity contribution in [2.75, 3.05) is 18.4 Å². The van der Waals surface area contributed by atoms with Gasteiger partial charge in [0.05, 0.1) is 12.2 Å². The van der Waals surface area contributed by atoms with Gasteiger partial charge in [0.25, 0.3) is 0 Å². The van der Waals surface area contributed by atoms with Gasteiger partial charge >= 0.3 is 6.03 Å². The van der Waals surface area contributed by atoms with Crippen molar-refractivity contribution in [3.63, 3.8) is 0 Å². The molecule has 0 saturated heterocycles. The molecule has 0 unspecified atom stereocenters. The van der Waals surface area contributed by atoms with Crippen LogP contribution in [0.5, 0.6) is 0 Å². The number of nitrogens with zero attached hydrogens (tertiary/aromatic N) is 3. The summed E-state index contributed by atoms with van der Waals surface area (Å²) in [6, 6.07) is 9.72. The lowest BCUT2D eigenvalue weighted by Gasteiger charge is -2.12. The van der Waals surface area contributed by atoms with Crippen LogP contribution >= 0.6 is 24.0 Å². The fourth-order valence-electron chi connectivity index (χ4n) is 2.97. The van der Waals surface area contributed by atoms with E-state index in [1.165, 1.54) is 5.69 Å². The molecule has 0 atom stereocenters. The fourth-order valence-corrected chi connectivity index (χ4v) is 2.97. The number of aromatic nitrogens is 2. The average Bonchev–Trinajstić information content (AvgIpc) is 3.00. The molecule has 0 aliphatic rings. The summed E-state index contributed by atoms with van der Waals surface area (Å²) in [6.07, 6.45) is 0.963. The molecule has 0 spiro atoms. The highest BCUT2D eigenvalue weighted by Gasteiger charge is 2.04. The molecule has 0 radical (unpaired) electrons. The zero-order chi connectivity index (χ0) is 21.9. The van der Waals surface area contributed by atoms with Gasteiger partial charge in [0.2, 0.25) is 0 Å². The monoisotopic (exact) mass is 541 g/mol. The smallest absolute Gasteiger partial charge is 0.319 e. The van der Waals surface area contributed by atoms with E-state index in [1.54, 1.807) is 0 Å². The number of guanidine groups is 1. The molecule has 2 rings (SSSR count). The van der Waals surface area contributed by atoms with Gasteiger partial charge < -0.3 is 21.3 Å². The van der Waals surface area contributed by atoms with Crippen LogP contribution < -0.4 is 21.3 Å². The molecule has 1 aromatic heterocycles. The van der Waals surface area contributed by atoms with Crippen molar-refractivity contribution in [3.05, 3.63) is 47.3 Å². The Kier molecular flexibility index (Phi) is 12.0. The normalized spacial score (nSPS) is 11.1. The molecule has 9 heteroatoms. The first-order valence-corrected chi connectivity index (χ1v) is 10.6. The molecule has 4 N–H and O–H groups in total. The standard InChI is InChI=1S/C22H35N7O.HI/c1-6-23-21(24-12-7-13-29-18(5)14-17(4)28-29)25-15-19-8-10-20(11-9-19)27-22(30)26-16(2)3;/h8-11,14,16H,6-7,12-13,15H2,1-5H3,(H2,23,24,25)(H2,26,27,30);1H. The van der Waals surface area contributed by atoms with Crippen LogP contribution in [-0.4, -0.2) is 40.9 Å². The topological polar surface area (TPSA) is 95.4 Å². The molecule has 1 heterocycles. The maximum Gasteiger partial charge on any atom is 0.319 e. The van der Waals surface area contributed by atoms with E-state index in [4.69, 9.17) is 0 Å². The van der Waals surface area contributed by atoms with Gasteiger partial charge in [-0.05, 0) is 64.8 Å². The third-order valence-corrected chi connectivity index (χ3v) is 4.34. The third-order valence-electron chi connectivity index (χ3n) is 4.34. The number of rotatable bonds is 9. The second-order valence-electron chi connectivity index (χ2n) is 7.58. The maximum absolute atomic E-state index is 11.8. The molecule has 8 nitrogen and oxygen atoms in total. The van der Waals surface area contributed by atoms with Crippen LogP contribution in [0.2, 0.25) is 0 Å². The van der Waals surface area contributed by atoms with E-state index in [-0.39, 0.29) is 36.0 Å². The van der Waals surface area contributed by atoms with E-state index < -0.39 is 0 Å². The highest BCUT2D eigenvalue weighted by molar-refractivity contribution is 14.0. The first-order chi connectivity index (χ1) is 14.4. The van der Waals surface area contributed by atoms with Crippen LogP contribution in [0.25, 0.3) is 0 Å². The number of aryl methyl sites for hydroxylation is 3. The fraction of sp³-hybridized carbons (Fsp3) is 0.500. The first-order valence-electron chi connectivity index (χ1n) is 10.6. The Morgan fingerprint density at radius 2 is 1.87 bits per heavy atom. The van der Waals surface area contributed by atoms with Crippen LogP contribution in [0.1, 0.15) is 44.1 Å². The summed E-state index contributed by atoms with van der Waals surface area (Å²) in [4.78, 5) is 16.4. The number of hydrogen-bond acceptors (Lipinski definition) is 3. The molecule has 0 saturated carbocycles. The Labute approximate surface area is 202 Å². The Bertz CT molecular complexity index is 831. The number of hydrogen-bond donors (Lipinski definition) is 4. The highest BCUT2D eigenvalue weighted by atomic mass is 127. The summed E-state index contributed by atoms with van der Waals surface area (Å²) in [7, 11) is 0. The van der Waals surface area contributed by atoms with E-state index in [1.807, 2.05) is 49.7 Å². The van der Waals surface area contributed by atoms with E-state index in [9.17, 15) is 4.79 Å². The number of amides is 2. The molecule has 0 fully saturated rings. The van der Waals surface area contributed by atoms with Gasteiger partial charge in [-0.1, -0.05) is 12.1 Å². The molecule has 0 bridgehead atoms. The number of halogens is 1. The van der Waals surface area contributed by atoms with Gasteiger partial charge in [-0.15, -0.1) is 24.0 Å². The van der Waals surface area contributed by atoms with Gasteiger partial charge in [-0.25, -0.2) is 9.79 Å². The van der Waals surface area contributed by atoms with Gasteiger partial charge in [-0.3, -0.25) is 4.68 Å². The molecule has 2 amide bonds. The van der Waals surface area contributed by atoms with Crippen molar-refractivity contribution >= 4 is 41.7 Å². The van der Waals surface area contributed by atoms with Crippen LogP contribution in [0.4, 0.5) is 10.5 Å². The van der Waals surface area contributed by atoms with Crippen LogP contribution in [-0.2, 0) is 13.1 Å². The van der Waals surface area contributed by atoms with E-state index in [2.05, 4.69) is 51.3 Å². The summed E-state index contributed by atoms with van der Waals surface area (Å²) < 4.78 is 2.04. The zero-order valence-corrected chi connectivity index (χ0v) is 21.5. The summed E-state index contributed by atoms with van der Waals surface area (Å²) in [5.74, 6) is 0.796. The van der Waals surface area contributed by atoms with Gasteiger partial charge in [0.1, 0.15) is 0 Å². The van der Waals surface area contributed by atoms with Gasteiger partial charge in [0.15, 0.2) is 5.96 Å². The number of aliphatic imine (C=N–C) groups is 1. The van der Waals surface area contributed by atoms with Crippen LogP contribution in [0.3, 0.4) is 0 Å². The quantitative estimate of drug-likeness (QED) is 0.168. The molecular formula is C22H36IN7O. The van der Waals surface area contributed by atoms with Crippen molar-refractivity contribution in [2.24, 2.45) is 4.99 Å². The maximum atomic E-state index is 11.8. The molecule has 0 aliphatic heterocycles. The van der Waals surface area contributed by atoms with Crippen LogP contribution in [0, 0.1) is 13.8 Å². The summed E-state index contributed by atoms with van der Waals surface area (Å²) in [5, 5.41) is 16.8. The van der Waals surface area contributed by atoms with Crippen molar-refractivity contribution in [1.29, 1.82) is 0 Å². The number of nitrogens with one attached hydrogen (secondary N) is 4. The van der Waals surface area contributed by atoms with Gasteiger partial charge in [-0.2, -0.15) is 5.10 Å². The predicted octanol–water partition coefficient (Wildman–Crippen LogP) is 3.79. The highest BCUT2D eigenvalue weighted by Crippen LogP contribution is 2.10.